The molecule has 0 fully saturated rings. The molecule has 0 saturated carbocycles. The van der Waals surface area contributed by atoms with E-state index in [4.69, 9.17) is 14.2 Å². The van der Waals surface area contributed by atoms with Crippen molar-refractivity contribution in [2.75, 3.05) is 41.5 Å². The molecule has 150 valence electrons. The number of ether oxygens (including phenoxy) is 3. The summed E-state index contributed by atoms with van der Waals surface area (Å²) in [5, 5.41) is 3.74. The maximum Gasteiger partial charge on any atom is 0.277 e. The van der Waals surface area contributed by atoms with Crippen molar-refractivity contribution < 1.29 is 19.0 Å². The summed E-state index contributed by atoms with van der Waals surface area (Å²) in [5.41, 5.74) is 1.04. The van der Waals surface area contributed by atoms with Gasteiger partial charge in [0.15, 0.2) is 11.5 Å². The van der Waals surface area contributed by atoms with Crippen LogP contribution < -0.4 is 14.2 Å². The van der Waals surface area contributed by atoms with Crippen LogP contribution in [0.15, 0.2) is 47.8 Å². The number of methoxy groups -OCH3 is 2. The lowest BCUT2D eigenvalue weighted by Gasteiger charge is -2.15. The van der Waals surface area contributed by atoms with E-state index in [1.165, 1.54) is 20.3 Å². The highest BCUT2D eigenvalue weighted by Crippen LogP contribution is 2.28. The Balaban J connectivity index is 2.05. The van der Waals surface area contributed by atoms with E-state index in [-0.39, 0.29) is 12.1 Å². The molecule has 8 nitrogen and oxygen atoms in total. The Morgan fingerprint density at radius 2 is 1.68 bits per heavy atom. The molecule has 1 amide bonds. The van der Waals surface area contributed by atoms with E-state index < -0.39 is 5.91 Å². The Morgan fingerprint density at radius 1 is 1.00 bits per heavy atom. The van der Waals surface area contributed by atoms with E-state index in [1.54, 1.807) is 36.4 Å². The first kappa shape index (κ1) is 21.2. The van der Waals surface area contributed by atoms with Crippen LogP contribution in [0.4, 0.5) is 0 Å². The number of benzene rings is 2. The van der Waals surface area contributed by atoms with Gasteiger partial charge >= 0.3 is 0 Å². The second-order valence-corrected chi connectivity index (χ2v) is 6.31. The molecule has 28 heavy (non-hydrogen) atoms. The third-order valence-corrected chi connectivity index (χ3v) is 4.03. The number of hydrogen-bond donors (Lipinski definition) is 0. The van der Waals surface area contributed by atoms with Gasteiger partial charge in [-0.15, -0.1) is 4.91 Å². The van der Waals surface area contributed by atoms with Gasteiger partial charge < -0.3 is 19.1 Å². The van der Waals surface area contributed by atoms with Crippen molar-refractivity contribution in [2.24, 2.45) is 5.29 Å². The minimum Gasteiger partial charge on any atom is -0.493 e. The summed E-state index contributed by atoms with van der Waals surface area (Å²) in [5.74, 6) is 1.10. The highest BCUT2D eigenvalue weighted by atomic mass is 16.5. The van der Waals surface area contributed by atoms with Crippen LogP contribution in [0.3, 0.4) is 0 Å². The maximum atomic E-state index is 12.6. The Labute approximate surface area is 164 Å². The zero-order valence-electron chi connectivity index (χ0n) is 16.5. The third kappa shape index (κ3) is 5.68. The zero-order chi connectivity index (χ0) is 20.5. The van der Waals surface area contributed by atoms with Gasteiger partial charge in [-0.05, 0) is 50.0 Å². The Kier molecular flexibility index (Phi) is 7.76. The van der Waals surface area contributed by atoms with Crippen molar-refractivity contribution in [1.29, 1.82) is 0 Å². The van der Waals surface area contributed by atoms with Gasteiger partial charge in [-0.2, -0.15) is 5.01 Å². The summed E-state index contributed by atoms with van der Waals surface area (Å²) in [6, 6.07) is 11.9. The molecule has 0 N–H and O–H groups in total. The molecule has 0 aliphatic carbocycles. The lowest BCUT2D eigenvalue weighted by molar-refractivity contribution is 0.0744. The second kappa shape index (κ2) is 10.3. The molecule has 0 aliphatic rings. The van der Waals surface area contributed by atoms with Gasteiger partial charge in [0.05, 0.1) is 26.1 Å². The number of carbonyl (C=O) groups excluding carboxylic acids is 1. The van der Waals surface area contributed by atoms with E-state index in [0.717, 1.165) is 22.9 Å². The molecule has 0 bridgehead atoms. The standard InChI is InChI=1S/C20H25N3O5/c1-22(2)11-12-28-17-8-5-15(6-9-17)14-23(21-25)20(24)16-7-10-18(26-3)19(13-16)27-4/h5-10,13H,11-12,14H2,1-4H3. The summed E-state index contributed by atoms with van der Waals surface area (Å²) in [6.07, 6.45) is 0. The van der Waals surface area contributed by atoms with Crippen LogP contribution in [0.5, 0.6) is 17.2 Å². The van der Waals surface area contributed by atoms with Crippen LogP contribution in [0.25, 0.3) is 0 Å². The molecule has 0 spiro atoms. The number of rotatable bonds is 10. The highest BCUT2D eigenvalue weighted by molar-refractivity contribution is 5.94. The molecule has 0 heterocycles. The SMILES string of the molecule is COc1ccc(C(=O)N(Cc2ccc(OCCN(C)C)cc2)N=O)cc1OC. The number of carbonyl (C=O) groups is 1. The first-order valence-electron chi connectivity index (χ1n) is 8.72. The van der Waals surface area contributed by atoms with Gasteiger partial charge in [-0.1, -0.05) is 12.1 Å². The van der Waals surface area contributed by atoms with E-state index in [0.29, 0.717) is 18.1 Å². The summed E-state index contributed by atoms with van der Waals surface area (Å²) in [7, 11) is 6.93. The predicted octanol–water partition coefficient (Wildman–Crippen LogP) is 2.97. The van der Waals surface area contributed by atoms with Crippen LogP contribution in [-0.2, 0) is 6.54 Å². The smallest absolute Gasteiger partial charge is 0.277 e. The molecule has 0 atom stereocenters. The van der Waals surface area contributed by atoms with Crippen molar-refractivity contribution in [1.82, 2.24) is 9.91 Å². The Hall–Kier alpha value is -3.13. The molecule has 2 aromatic carbocycles. The topological polar surface area (TPSA) is 80.7 Å². The Morgan fingerprint density at radius 3 is 2.25 bits per heavy atom. The zero-order valence-corrected chi connectivity index (χ0v) is 16.5. The predicted molar refractivity (Wildman–Crippen MR) is 106 cm³/mol. The number of hydrogen-bond acceptors (Lipinski definition) is 7. The van der Waals surface area contributed by atoms with Gasteiger partial charge in [0.1, 0.15) is 12.4 Å². The van der Waals surface area contributed by atoms with Crippen molar-refractivity contribution in [3.8, 4) is 17.2 Å². The second-order valence-electron chi connectivity index (χ2n) is 6.31. The molecular weight excluding hydrogens is 362 g/mol. The molecule has 0 aromatic heterocycles. The van der Waals surface area contributed by atoms with Crippen LogP contribution in [0, 0.1) is 4.91 Å². The van der Waals surface area contributed by atoms with Crippen molar-refractivity contribution in [3.05, 3.63) is 58.5 Å². The van der Waals surface area contributed by atoms with E-state index in [1.807, 2.05) is 19.0 Å². The van der Waals surface area contributed by atoms with Gasteiger partial charge in [-0.3, -0.25) is 4.79 Å². The van der Waals surface area contributed by atoms with Gasteiger partial charge in [0.2, 0.25) is 0 Å². The van der Waals surface area contributed by atoms with Crippen LogP contribution in [0.2, 0.25) is 0 Å². The molecule has 0 saturated heterocycles. The van der Waals surface area contributed by atoms with Crippen LogP contribution >= 0.6 is 0 Å². The number of likely N-dealkylation sites (N-methyl/N-ethyl adjacent to an activating group) is 1. The third-order valence-electron chi connectivity index (χ3n) is 4.03. The molecule has 0 unspecified atom stereocenters. The van der Waals surface area contributed by atoms with E-state index in [2.05, 4.69) is 5.29 Å². The number of nitrogens with zero attached hydrogens (tertiary/aromatic N) is 3. The monoisotopic (exact) mass is 387 g/mol. The Bertz CT molecular complexity index is 793. The molecule has 0 radical (unpaired) electrons. The summed E-state index contributed by atoms with van der Waals surface area (Å²) < 4.78 is 16.0. The fourth-order valence-electron chi connectivity index (χ4n) is 2.47. The minimum atomic E-state index is -0.526. The highest BCUT2D eigenvalue weighted by Gasteiger charge is 2.19. The minimum absolute atomic E-state index is 0.0503. The lowest BCUT2D eigenvalue weighted by Crippen LogP contribution is -2.25. The molecule has 8 heteroatoms. The quantitative estimate of drug-likeness (QED) is 0.461. The summed E-state index contributed by atoms with van der Waals surface area (Å²) in [4.78, 5) is 25.9. The number of amides is 1. The molecule has 2 rings (SSSR count). The summed E-state index contributed by atoms with van der Waals surface area (Å²) in [6.45, 7) is 1.44. The van der Waals surface area contributed by atoms with Crippen molar-refractivity contribution in [2.45, 2.75) is 6.54 Å². The summed E-state index contributed by atoms with van der Waals surface area (Å²) >= 11 is 0. The average molecular weight is 387 g/mol. The van der Waals surface area contributed by atoms with Gasteiger partial charge in [0.25, 0.3) is 5.91 Å². The lowest BCUT2D eigenvalue weighted by atomic mass is 10.1. The fraction of sp³-hybridized carbons (Fsp3) is 0.350. The van der Waals surface area contributed by atoms with Crippen LogP contribution in [0.1, 0.15) is 15.9 Å². The number of nitroso groups, excluding NO2 is 1. The largest absolute Gasteiger partial charge is 0.493 e. The fourth-order valence-corrected chi connectivity index (χ4v) is 2.47. The first-order valence-corrected chi connectivity index (χ1v) is 8.72. The molecule has 0 aliphatic heterocycles. The molecule has 2 aromatic rings. The van der Waals surface area contributed by atoms with E-state index in [9.17, 15) is 9.70 Å². The van der Waals surface area contributed by atoms with Crippen LogP contribution in [-0.4, -0.2) is 57.3 Å². The van der Waals surface area contributed by atoms with E-state index >= 15 is 0 Å². The van der Waals surface area contributed by atoms with Crippen molar-refractivity contribution >= 4 is 5.91 Å². The van der Waals surface area contributed by atoms with Gasteiger partial charge in [-0.25, -0.2) is 0 Å². The normalized spacial score (nSPS) is 10.5. The molecular formula is C20H25N3O5. The van der Waals surface area contributed by atoms with Crippen molar-refractivity contribution in [3.63, 3.8) is 0 Å². The first-order chi connectivity index (χ1) is 13.5. The van der Waals surface area contributed by atoms with Gasteiger partial charge in [0, 0.05) is 12.1 Å². The maximum absolute atomic E-state index is 12.6. The average Bonchev–Trinajstić information content (AvgIpc) is 2.71.